The van der Waals surface area contributed by atoms with E-state index in [0.29, 0.717) is 13.1 Å². The van der Waals surface area contributed by atoms with Gasteiger partial charge in [0, 0.05) is 20.0 Å². The van der Waals surface area contributed by atoms with Crippen molar-refractivity contribution in [1.29, 1.82) is 0 Å². The average Bonchev–Trinajstić information content (AvgIpc) is 2.90. The summed E-state index contributed by atoms with van der Waals surface area (Å²) in [7, 11) is 0. The van der Waals surface area contributed by atoms with Crippen LogP contribution < -0.4 is 11.1 Å². The third-order valence-electron chi connectivity index (χ3n) is 4.36. The van der Waals surface area contributed by atoms with Gasteiger partial charge in [0.1, 0.15) is 0 Å². The lowest BCUT2D eigenvalue weighted by Gasteiger charge is -2.25. The van der Waals surface area contributed by atoms with Crippen molar-refractivity contribution in [3.8, 4) is 0 Å². The van der Waals surface area contributed by atoms with Gasteiger partial charge in [0.25, 0.3) is 0 Å². The van der Waals surface area contributed by atoms with Crippen LogP contribution in [0.3, 0.4) is 0 Å². The second-order valence-corrected chi connectivity index (χ2v) is 6.45. The lowest BCUT2D eigenvalue weighted by Crippen LogP contribution is -2.37. The molecule has 128 valence electrons. The summed E-state index contributed by atoms with van der Waals surface area (Å²) in [6.45, 7) is 5.62. The van der Waals surface area contributed by atoms with Crippen LogP contribution in [0.25, 0.3) is 0 Å². The number of likely N-dealkylation sites (tertiary alicyclic amines) is 1. The predicted octanol–water partition coefficient (Wildman–Crippen LogP) is 1.87. The number of nitrogens with one attached hydrogen (secondary N) is 1. The SMILES string of the molecule is CC(=O)NC(CC(=O)N1CCC(C)(CN)C1)c1ccccc1.Cl. The molecule has 23 heavy (non-hydrogen) atoms. The maximum atomic E-state index is 12.5. The number of rotatable bonds is 5. The molecule has 1 aromatic rings. The Morgan fingerprint density at radius 2 is 2.00 bits per heavy atom. The number of hydrogen-bond acceptors (Lipinski definition) is 3. The Morgan fingerprint density at radius 3 is 2.52 bits per heavy atom. The fourth-order valence-electron chi connectivity index (χ4n) is 2.89. The maximum Gasteiger partial charge on any atom is 0.225 e. The number of hydrogen-bond donors (Lipinski definition) is 2. The lowest BCUT2D eigenvalue weighted by molar-refractivity contribution is -0.131. The van der Waals surface area contributed by atoms with Gasteiger partial charge in [-0.1, -0.05) is 37.3 Å². The Labute approximate surface area is 144 Å². The second-order valence-electron chi connectivity index (χ2n) is 6.45. The minimum absolute atomic E-state index is 0. The number of carbonyl (C=O) groups is 2. The third kappa shape index (κ3) is 5.22. The van der Waals surface area contributed by atoms with E-state index in [0.717, 1.165) is 18.5 Å². The van der Waals surface area contributed by atoms with E-state index >= 15 is 0 Å². The van der Waals surface area contributed by atoms with Crippen molar-refractivity contribution >= 4 is 24.2 Å². The molecule has 0 radical (unpaired) electrons. The Balaban J connectivity index is 0.00000264. The fourth-order valence-corrected chi connectivity index (χ4v) is 2.89. The van der Waals surface area contributed by atoms with Crippen LogP contribution in [0.5, 0.6) is 0 Å². The summed E-state index contributed by atoms with van der Waals surface area (Å²) in [6, 6.07) is 9.33. The highest BCUT2D eigenvalue weighted by Crippen LogP contribution is 2.30. The van der Waals surface area contributed by atoms with E-state index in [1.54, 1.807) is 0 Å². The summed E-state index contributed by atoms with van der Waals surface area (Å²) in [4.78, 5) is 25.8. The van der Waals surface area contributed by atoms with Gasteiger partial charge in [-0.3, -0.25) is 9.59 Å². The van der Waals surface area contributed by atoms with Gasteiger partial charge in [-0.25, -0.2) is 0 Å². The van der Waals surface area contributed by atoms with Gasteiger partial charge in [0.05, 0.1) is 12.5 Å². The first-order valence-corrected chi connectivity index (χ1v) is 7.73. The molecule has 2 atom stereocenters. The first-order chi connectivity index (χ1) is 10.4. The first kappa shape index (κ1) is 19.5. The van der Waals surface area contributed by atoms with Crippen LogP contribution in [0, 0.1) is 5.41 Å². The van der Waals surface area contributed by atoms with Gasteiger partial charge in [-0.05, 0) is 23.9 Å². The summed E-state index contributed by atoms with van der Waals surface area (Å²) >= 11 is 0. The van der Waals surface area contributed by atoms with E-state index in [2.05, 4.69) is 12.2 Å². The molecule has 0 aromatic heterocycles. The zero-order chi connectivity index (χ0) is 16.2. The number of carbonyl (C=O) groups excluding carboxylic acids is 2. The summed E-state index contributed by atoms with van der Waals surface area (Å²) in [5.41, 5.74) is 6.76. The number of amides is 2. The monoisotopic (exact) mass is 339 g/mol. The zero-order valence-corrected chi connectivity index (χ0v) is 14.6. The molecule has 0 bridgehead atoms. The Hall–Kier alpha value is -1.59. The Morgan fingerprint density at radius 1 is 1.35 bits per heavy atom. The number of halogens is 1. The molecule has 2 rings (SSSR count). The molecule has 0 aliphatic carbocycles. The van der Waals surface area contributed by atoms with Gasteiger partial charge in [-0.15, -0.1) is 12.4 Å². The van der Waals surface area contributed by atoms with Crippen LogP contribution in [0.15, 0.2) is 30.3 Å². The van der Waals surface area contributed by atoms with Crippen molar-refractivity contribution in [2.24, 2.45) is 11.1 Å². The van der Waals surface area contributed by atoms with Gasteiger partial charge < -0.3 is 16.0 Å². The first-order valence-electron chi connectivity index (χ1n) is 7.73. The largest absolute Gasteiger partial charge is 0.349 e. The molecule has 1 aromatic carbocycles. The minimum Gasteiger partial charge on any atom is -0.349 e. The standard InChI is InChI=1S/C17H25N3O2.ClH/c1-13(21)19-15(14-6-4-3-5-7-14)10-16(22)20-9-8-17(2,11-18)12-20;/h3-7,15H,8-12,18H2,1-2H3,(H,19,21);1H. The second kappa shape index (κ2) is 8.31. The molecule has 1 heterocycles. The molecule has 0 spiro atoms. The molecule has 3 N–H and O–H groups in total. The van der Waals surface area contributed by atoms with Crippen LogP contribution in [-0.2, 0) is 9.59 Å². The molecule has 0 saturated carbocycles. The molecule has 1 aliphatic rings. The minimum atomic E-state index is -0.282. The van der Waals surface area contributed by atoms with Gasteiger partial charge in [0.2, 0.25) is 11.8 Å². The predicted molar refractivity (Wildman–Crippen MR) is 93.2 cm³/mol. The van der Waals surface area contributed by atoms with E-state index < -0.39 is 0 Å². The fraction of sp³-hybridized carbons (Fsp3) is 0.529. The highest BCUT2D eigenvalue weighted by molar-refractivity contribution is 5.85. The lowest BCUT2D eigenvalue weighted by atomic mass is 9.90. The van der Waals surface area contributed by atoms with Crippen LogP contribution in [0.4, 0.5) is 0 Å². The van der Waals surface area contributed by atoms with E-state index in [1.807, 2.05) is 35.2 Å². The smallest absolute Gasteiger partial charge is 0.225 e. The molecular weight excluding hydrogens is 314 g/mol. The summed E-state index contributed by atoms with van der Waals surface area (Å²) in [6.07, 6.45) is 1.22. The van der Waals surface area contributed by atoms with Crippen molar-refractivity contribution < 1.29 is 9.59 Å². The van der Waals surface area contributed by atoms with Crippen molar-refractivity contribution in [2.75, 3.05) is 19.6 Å². The van der Waals surface area contributed by atoms with E-state index in [4.69, 9.17) is 5.73 Å². The number of nitrogens with two attached hydrogens (primary N) is 1. The summed E-state index contributed by atoms with van der Waals surface area (Å²) in [5.74, 6) is -0.0605. The van der Waals surface area contributed by atoms with E-state index in [9.17, 15) is 9.59 Å². The topological polar surface area (TPSA) is 75.4 Å². The maximum absolute atomic E-state index is 12.5. The zero-order valence-electron chi connectivity index (χ0n) is 13.7. The quantitative estimate of drug-likeness (QED) is 0.860. The van der Waals surface area contributed by atoms with E-state index in [-0.39, 0.29) is 42.1 Å². The molecule has 1 saturated heterocycles. The van der Waals surface area contributed by atoms with Gasteiger partial charge >= 0.3 is 0 Å². The van der Waals surface area contributed by atoms with Gasteiger partial charge in [-0.2, -0.15) is 0 Å². The molecule has 1 aliphatic heterocycles. The normalized spacial score (nSPS) is 21.4. The van der Waals surface area contributed by atoms with Crippen molar-refractivity contribution in [2.45, 2.75) is 32.7 Å². The molecule has 5 nitrogen and oxygen atoms in total. The Kier molecular flexibility index (Phi) is 7.03. The van der Waals surface area contributed by atoms with Crippen LogP contribution in [-0.4, -0.2) is 36.3 Å². The van der Waals surface area contributed by atoms with Crippen molar-refractivity contribution in [3.05, 3.63) is 35.9 Å². The van der Waals surface area contributed by atoms with Crippen LogP contribution >= 0.6 is 12.4 Å². The highest BCUT2D eigenvalue weighted by atomic mass is 35.5. The summed E-state index contributed by atoms with van der Waals surface area (Å²) < 4.78 is 0. The number of benzene rings is 1. The van der Waals surface area contributed by atoms with Crippen LogP contribution in [0.1, 0.15) is 38.3 Å². The Bertz CT molecular complexity index is 538. The van der Waals surface area contributed by atoms with Crippen molar-refractivity contribution in [1.82, 2.24) is 10.2 Å². The molecule has 2 amide bonds. The van der Waals surface area contributed by atoms with Crippen molar-refractivity contribution in [3.63, 3.8) is 0 Å². The van der Waals surface area contributed by atoms with Crippen LogP contribution in [0.2, 0.25) is 0 Å². The molecular formula is C17H26ClN3O2. The molecule has 6 heteroatoms. The van der Waals surface area contributed by atoms with E-state index in [1.165, 1.54) is 6.92 Å². The molecule has 1 fully saturated rings. The van der Waals surface area contributed by atoms with Gasteiger partial charge in [0.15, 0.2) is 0 Å². The highest BCUT2D eigenvalue weighted by Gasteiger charge is 2.35. The average molecular weight is 340 g/mol. The molecule has 2 unspecified atom stereocenters. The summed E-state index contributed by atoms with van der Waals surface area (Å²) in [5, 5.41) is 2.87. The number of nitrogens with zero attached hydrogens (tertiary/aromatic N) is 1. The third-order valence-corrected chi connectivity index (χ3v) is 4.36.